The molecule has 0 saturated carbocycles. The molecule has 0 aromatic heterocycles. The molecule has 0 unspecified atom stereocenters. The van der Waals surface area contributed by atoms with Gasteiger partial charge in [-0.05, 0) is 17.7 Å². The van der Waals surface area contributed by atoms with Crippen LogP contribution in [-0.2, 0) is 4.79 Å². The predicted molar refractivity (Wildman–Crippen MR) is 72.3 cm³/mol. The summed E-state index contributed by atoms with van der Waals surface area (Å²) in [6, 6.07) is 5.83. The molecule has 1 aromatic carbocycles. The maximum atomic E-state index is 13.2. The highest BCUT2D eigenvalue weighted by Gasteiger charge is 2.63. The van der Waals surface area contributed by atoms with Crippen LogP contribution in [0.5, 0.6) is 0 Å². The second-order valence-corrected chi connectivity index (χ2v) is 4.88. The minimum Gasteiger partial charge on any atom is -0.362 e. The topological polar surface area (TPSA) is 120 Å². The average Bonchev–Trinajstić information content (AvgIpc) is 2.86. The molecule has 1 aliphatic rings. The molecule has 1 heterocycles. The van der Waals surface area contributed by atoms with Crippen molar-refractivity contribution in [1.82, 2.24) is 5.01 Å². The Morgan fingerprint density at radius 3 is 2.50 bits per heavy atom. The van der Waals surface area contributed by atoms with Crippen LogP contribution in [0.1, 0.15) is 18.4 Å². The van der Waals surface area contributed by atoms with Crippen molar-refractivity contribution in [3.05, 3.63) is 39.9 Å². The van der Waals surface area contributed by atoms with Crippen molar-refractivity contribution in [1.29, 1.82) is 5.26 Å². The summed E-state index contributed by atoms with van der Waals surface area (Å²) in [5, 5.41) is 32.3. The minimum absolute atomic E-state index is 0.0792. The standard InChI is InChI=1S/C13H9F3N4O4/c14-13(15,16)12(22)7-10(18-19(12)11(21)5-6-17)8-1-3-9(4-2-8)20(23)24/h1-4,22H,5,7H2/t12-/m1/s1. The van der Waals surface area contributed by atoms with E-state index in [4.69, 9.17) is 5.26 Å². The van der Waals surface area contributed by atoms with Crippen molar-refractivity contribution in [3.63, 3.8) is 0 Å². The van der Waals surface area contributed by atoms with Crippen molar-refractivity contribution < 1.29 is 28.0 Å². The lowest BCUT2D eigenvalue weighted by molar-refractivity contribution is -0.384. The van der Waals surface area contributed by atoms with Crippen LogP contribution < -0.4 is 0 Å². The fourth-order valence-electron chi connectivity index (χ4n) is 2.11. The number of nitriles is 1. The van der Waals surface area contributed by atoms with Gasteiger partial charge >= 0.3 is 6.18 Å². The summed E-state index contributed by atoms with van der Waals surface area (Å²) in [6.45, 7) is 0. The number of hydrogen-bond acceptors (Lipinski definition) is 6. The lowest BCUT2D eigenvalue weighted by Crippen LogP contribution is -2.56. The number of benzene rings is 1. The molecule has 0 saturated heterocycles. The zero-order valence-electron chi connectivity index (χ0n) is 11.8. The third-order valence-electron chi connectivity index (χ3n) is 3.32. The third-order valence-corrected chi connectivity index (χ3v) is 3.32. The number of nitrogens with zero attached hydrogens (tertiary/aromatic N) is 4. The SMILES string of the molecule is N#CCC(=O)N1N=C(c2ccc([N+](=O)[O-])cc2)C[C@@]1(O)C(F)(F)F. The van der Waals surface area contributed by atoms with Gasteiger partial charge < -0.3 is 5.11 Å². The summed E-state index contributed by atoms with van der Waals surface area (Å²) in [5.41, 5.74) is -4.05. The van der Waals surface area contributed by atoms with Crippen LogP contribution in [0, 0.1) is 21.4 Å². The van der Waals surface area contributed by atoms with Crippen LogP contribution in [0.15, 0.2) is 29.4 Å². The van der Waals surface area contributed by atoms with Gasteiger partial charge in [-0.3, -0.25) is 14.9 Å². The van der Waals surface area contributed by atoms with E-state index >= 15 is 0 Å². The van der Waals surface area contributed by atoms with Gasteiger partial charge in [0, 0.05) is 12.1 Å². The van der Waals surface area contributed by atoms with Gasteiger partial charge in [0.1, 0.15) is 6.42 Å². The van der Waals surface area contributed by atoms with Crippen molar-refractivity contribution in [3.8, 4) is 6.07 Å². The van der Waals surface area contributed by atoms with Gasteiger partial charge in [0.15, 0.2) is 0 Å². The normalized spacial score (nSPS) is 20.5. The van der Waals surface area contributed by atoms with E-state index in [-0.39, 0.29) is 22.0 Å². The van der Waals surface area contributed by atoms with Crippen molar-refractivity contribution >= 4 is 17.3 Å². The number of aliphatic hydroxyl groups is 1. The van der Waals surface area contributed by atoms with Gasteiger partial charge in [-0.1, -0.05) is 0 Å². The summed E-state index contributed by atoms with van der Waals surface area (Å²) in [7, 11) is 0. The second-order valence-electron chi connectivity index (χ2n) is 4.88. The van der Waals surface area contributed by atoms with Crippen LogP contribution >= 0.6 is 0 Å². The maximum absolute atomic E-state index is 13.2. The van der Waals surface area contributed by atoms with Crippen LogP contribution in [-0.4, -0.2) is 38.6 Å². The Morgan fingerprint density at radius 1 is 1.46 bits per heavy atom. The van der Waals surface area contributed by atoms with E-state index in [1.165, 1.54) is 6.07 Å². The highest BCUT2D eigenvalue weighted by atomic mass is 19.4. The molecule has 1 aromatic rings. The summed E-state index contributed by atoms with van der Waals surface area (Å²) >= 11 is 0. The van der Waals surface area contributed by atoms with Crippen LogP contribution in [0.2, 0.25) is 0 Å². The fraction of sp³-hybridized carbons (Fsp3) is 0.308. The molecule has 1 amide bonds. The first-order chi connectivity index (χ1) is 11.1. The van der Waals surface area contributed by atoms with Gasteiger partial charge in [0.25, 0.3) is 17.3 Å². The molecule has 1 atom stereocenters. The van der Waals surface area contributed by atoms with E-state index in [0.29, 0.717) is 0 Å². The van der Waals surface area contributed by atoms with E-state index in [1.54, 1.807) is 0 Å². The molecular formula is C13H9F3N4O4. The Morgan fingerprint density at radius 2 is 2.04 bits per heavy atom. The Balaban J connectivity index is 2.42. The Kier molecular flexibility index (Phi) is 4.26. The highest BCUT2D eigenvalue weighted by molar-refractivity contribution is 6.03. The van der Waals surface area contributed by atoms with Gasteiger partial charge in [-0.15, -0.1) is 0 Å². The molecule has 2 rings (SSSR count). The molecule has 24 heavy (non-hydrogen) atoms. The van der Waals surface area contributed by atoms with E-state index in [1.807, 2.05) is 0 Å². The fourth-order valence-corrected chi connectivity index (χ4v) is 2.11. The van der Waals surface area contributed by atoms with Crippen molar-refractivity contribution in [2.24, 2.45) is 5.10 Å². The number of halogens is 3. The Hall–Kier alpha value is -3.00. The number of hydrazone groups is 1. The van der Waals surface area contributed by atoms with Crippen LogP contribution in [0.4, 0.5) is 18.9 Å². The Labute approximate surface area is 132 Å². The van der Waals surface area contributed by atoms with Gasteiger partial charge in [-0.2, -0.15) is 28.5 Å². The van der Waals surface area contributed by atoms with Gasteiger partial charge in [-0.25, -0.2) is 0 Å². The zero-order chi connectivity index (χ0) is 18.1. The molecule has 1 N–H and O–H groups in total. The number of amides is 1. The zero-order valence-corrected chi connectivity index (χ0v) is 11.8. The first-order valence-corrected chi connectivity index (χ1v) is 6.41. The first-order valence-electron chi connectivity index (χ1n) is 6.41. The predicted octanol–water partition coefficient (Wildman–Crippen LogP) is 1.70. The molecule has 8 nitrogen and oxygen atoms in total. The lowest BCUT2D eigenvalue weighted by atomic mass is 10.0. The maximum Gasteiger partial charge on any atom is 0.438 e. The highest BCUT2D eigenvalue weighted by Crippen LogP contribution is 2.41. The molecule has 0 fully saturated rings. The number of hydrogen-bond donors (Lipinski definition) is 1. The molecule has 126 valence electrons. The molecular weight excluding hydrogens is 333 g/mol. The molecule has 0 spiro atoms. The van der Waals surface area contributed by atoms with Gasteiger partial charge in [0.2, 0.25) is 0 Å². The number of rotatable bonds is 3. The smallest absolute Gasteiger partial charge is 0.362 e. The summed E-state index contributed by atoms with van der Waals surface area (Å²) in [4.78, 5) is 21.6. The number of nitro benzene ring substituents is 1. The van der Waals surface area contributed by atoms with E-state index in [2.05, 4.69) is 5.10 Å². The second kappa shape index (κ2) is 5.89. The molecule has 11 heteroatoms. The first kappa shape index (κ1) is 17.4. The number of carbonyl (C=O) groups is 1. The number of non-ortho nitro benzene ring substituents is 1. The minimum atomic E-state index is -5.20. The third kappa shape index (κ3) is 2.91. The summed E-state index contributed by atoms with van der Waals surface area (Å²) in [5.74, 6) is -1.31. The lowest BCUT2D eigenvalue weighted by Gasteiger charge is -2.32. The number of carbonyl (C=O) groups excluding carboxylic acids is 1. The van der Waals surface area contributed by atoms with E-state index in [9.17, 15) is 33.2 Å². The van der Waals surface area contributed by atoms with Crippen LogP contribution in [0.25, 0.3) is 0 Å². The van der Waals surface area contributed by atoms with Crippen LogP contribution in [0.3, 0.4) is 0 Å². The summed E-state index contributed by atoms with van der Waals surface area (Å²) in [6.07, 6.45) is -7.15. The largest absolute Gasteiger partial charge is 0.438 e. The van der Waals surface area contributed by atoms with Crippen molar-refractivity contribution in [2.75, 3.05) is 0 Å². The average molecular weight is 342 g/mol. The summed E-state index contributed by atoms with van der Waals surface area (Å²) < 4.78 is 39.5. The van der Waals surface area contributed by atoms with E-state index < -0.39 is 35.6 Å². The van der Waals surface area contributed by atoms with E-state index in [0.717, 1.165) is 24.3 Å². The van der Waals surface area contributed by atoms with Crippen molar-refractivity contribution in [2.45, 2.75) is 24.7 Å². The molecule has 1 aliphatic heterocycles. The quantitative estimate of drug-likeness (QED) is 0.662. The molecule has 0 bridgehead atoms. The monoisotopic (exact) mass is 342 g/mol. The Bertz CT molecular complexity index is 754. The number of alkyl halides is 3. The number of nitro groups is 1. The molecule has 0 radical (unpaired) electrons. The molecule has 0 aliphatic carbocycles. The van der Waals surface area contributed by atoms with Gasteiger partial charge in [0.05, 0.1) is 23.1 Å².